The number of anilines is 1. The lowest BCUT2D eigenvalue weighted by molar-refractivity contribution is -0.126. The fourth-order valence-electron chi connectivity index (χ4n) is 4.12. The average Bonchev–Trinajstić information content (AvgIpc) is 2.77. The lowest BCUT2D eigenvalue weighted by Gasteiger charge is -2.33. The van der Waals surface area contributed by atoms with E-state index in [4.69, 9.17) is 11.6 Å². The van der Waals surface area contributed by atoms with Gasteiger partial charge < -0.3 is 5.32 Å². The Kier molecular flexibility index (Phi) is 7.73. The number of nitrogens with zero attached hydrogens (tertiary/aromatic N) is 2. The van der Waals surface area contributed by atoms with Crippen molar-refractivity contribution >= 4 is 29.1 Å². The molecule has 1 heterocycles. The predicted octanol–water partition coefficient (Wildman–Crippen LogP) is 5.65. The Morgan fingerprint density at radius 2 is 1.78 bits per heavy atom. The standard InChI is InChI=1S/C26H32ClN3O2/c1-18(27)25(32)30(22-14-12-20(13-15-22)26(2,3)4)23(19-9-8-16-28-17-19)24(31)29-21-10-6-5-7-11-21/h8-9,12-17,21,23H,1,5-7,10-11H2,2-4H3,(H,29,31). The van der Waals surface area contributed by atoms with Crippen molar-refractivity contribution in [2.45, 2.75) is 70.4 Å². The third-order valence-electron chi connectivity index (χ3n) is 5.92. The molecule has 2 amide bonds. The zero-order valence-corrected chi connectivity index (χ0v) is 19.9. The molecule has 2 aromatic rings. The SMILES string of the molecule is C=C(Cl)C(=O)N(c1ccc(C(C)(C)C)cc1)C(C(=O)NC1CCCCC1)c1cccnc1. The van der Waals surface area contributed by atoms with Crippen molar-refractivity contribution in [2.24, 2.45) is 0 Å². The lowest BCUT2D eigenvalue weighted by atomic mass is 9.87. The Morgan fingerprint density at radius 1 is 1.12 bits per heavy atom. The summed E-state index contributed by atoms with van der Waals surface area (Å²) in [6.45, 7) is 10.0. The molecule has 0 saturated heterocycles. The van der Waals surface area contributed by atoms with Gasteiger partial charge in [0.15, 0.2) is 0 Å². The summed E-state index contributed by atoms with van der Waals surface area (Å²) in [6.07, 6.45) is 8.53. The van der Waals surface area contributed by atoms with Gasteiger partial charge in [-0.1, -0.05) is 76.4 Å². The number of carbonyl (C=O) groups is 2. The Bertz CT molecular complexity index is 945. The zero-order valence-electron chi connectivity index (χ0n) is 19.1. The first-order chi connectivity index (χ1) is 15.2. The van der Waals surface area contributed by atoms with E-state index in [1.54, 1.807) is 24.5 Å². The highest BCUT2D eigenvalue weighted by atomic mass is 35.5. The van der Waals surface area contributed by atoms with E-state index in [0.717, 1.165) is 31.2 Å². The molecule has 32 heavy (non-hydrogen) atoms. The molecule has 1 aromatic carbocycles. The van der Waals surface area contributed by atoms with Crippen molar-refractivity contribution in [1.29, 1.82) is 0 Å². The maximum atomic E-state index is 13.6. The number of aromatic nitrogens is 1. The highest BCUT2D eigenvalue weighted by Gasteiger charge is 2.35. The van der Waals surface area contributed by atoms with Crippen LogP contribution in [-0.2, 0) is 15.0 Å². The second-order valence-electron chi connectivity index (χ2n) is 9.41. The van der Waals surface area contributed by atoms with Gasteiger partial charge in [0.05, 0.1) is 5.03 Å². The molecule has 5 nitrogen and oxygen atoms in total. The molecule has 1 saturated carbocycles. The number of hydrogen-bond donors (Lipinski definition) is 1. The van der Waals surface area contributed by atoms with E-state index in [0.29, 0.717) is 11.3 Å². The van der Waals surface area contributed by atoms with Gasteiger partial charge in [-0.05, 0) is 42.0 Å². The molecule has 0 aliphatic heterocycles. The Hall–Kier alpha value is -2.66. The molecule has 1 unspecified atom stereocenters. The Morgan fingerprint density at radius 3 is 2.31 bits per heavy atom. The average molecular weight is 454 g/mol. The molecule has 1 aliphatic rings. The zero-order chi connectivity index (χ0) is 23.3. The van der Waals surface area contributed by atoms with Gasteiger partial charge in [-0.3, -0.25) is 19.5 Å². The molecular formula is C26H32ClN3O2. The van der Waals surface area contributed by atoms with E-state index in [9.17, 15) is 9.59 Å². The number of nitrogens with one attached hydrogen (secondary N) is 1. The molecule has 1 aromatic heterocycles. The number of carbonyl (C=O) groups excluding carboxylic acids is 2. The first-order valence-electron chi connectivity index (χ1n) is 11.2. The molecule has 6 heteroatoms. The molecular weight excluding hydrogens is 422 g/mol. The summed E-state index contributed by atoms with van der Waals surface area (Å²) in [5.41, 5.74) is 2.29. The number of halogens is 1. The monoisotopic (exact) mass is 453 g/mol. The molecule has 170 valence electrons. The van der Waals surface area contributed by atoms with E-state index in [1.807, 2.05) is 24.3 Å². The van der Waals surface area contributed by atoms with Crippen LogP contribution in [0.3, 0.4) is 0 Å². The van der Waals surface area contributed by atoms with E-state index >= 15 is 0 Å². The number of hydrogen-bond acceptors (Lipinski definition) is 3. The highest BCUT2D eigenvalue weighted by Crippen LogP contribution is 2.32. The molecule has 0 radical (unpaired) electrons. The van der Waals surface area contributed by atoms with E-state index in [-0.39, 0.29) is 22.4 Å². The predicted molar refractivity (Wildman–Crippen MR) is 130 cm³/mol. The van der Waals surface area contributed by atoms with Crippen molar-refractivity contribution in [1.82, 2.24) is 10.3 Å². The number of rotatable bonds is 6. The highest BCUT2D eigenvalue weighted by molar-refractivity contribution is 6.44. The first kappa shape index (κ1) is 24.0. The summed E-state index contributed by atoms with van der Waals surface area (Å²) in [7, 11) is 0. The third kappa shape index (κ3) is 5.77. The summed E-state index contributed by atoms with van der Waals surface area (Å²) in [5, 5.41) is 3.01. The van der Waals surface area contributed by atoms with E-state index < -0.39 is 11.9 Å². The molecule has 3 rings (SSSR count). The summed E-state index contributed by atoms with van der Waals surface area (Å²) in [4.78, 5) is 32.4. The van der Waals surface area contributed by atoms with Crippen molar-refractivity contribution in [3.05, 3.63) is 71.5 Å². The van der Waals surface area contributed by atoms with E-state index in [2.05, 4.69) is 37.7 Å². The smallest absolute Gasteiger partial charge is 0.270 e. The summed E-state index contributed by atoms with van der Waals surface area (Å²) < 4.78 is 0. The van der Waals surface area contributed by atoms with Crippen LogP contribution < -0.4 is 10.2 Å². The topological polar surface area (TPSA) is 62.3 Å². The van der Waals surface area contributed by atoms with Crippen LogP contribution in [0.4, 0.5) is 5.69 Å². The minimum absolute atomic E-state index is 0.0371. The molecule has 0 bridgehead atoms. The maximum Gasteiger partial charge on any atom is 0.270 e. The van der Waals surface area contributed by atoms with Crippen molar-refractivity contribution in [3.8, 4) is 0 Å². The second kappa shape index (κ2) is 10.3. The van der Waals surface area contributed by atoms with Crippen molar-refractivity contribution in [3.63, 3.8) is 0 Å². The molecule has 1 atom stereocenters. The van der Waals surface area contributed by atoms with Crippen molar-refractivity contribution < 1.29 is 9.59 Å². The lowest BCUT2D eigenvalue weighted by Crippen LogP contribution is -2.47. The number of benzene rings is 1. The van der Waals surface area contributed by atoms with Gasteiger partial charge in [0, 0.05) is 29.7 Å². The van der Waals surface area contributed by atoms with Gasteiger partial charge in [-0.25, -0.2) is 0 Å². The fraction of sp³-hybridized carbons (Fsp3) is 0.423. The molecule has 1 aliphatic carbocycles. The second-order valence-corrected chi connectivity index (χ2v) is 9.87. The Balaban J connectivity index is 2.04. The summed E-state index contributed by atoms with van der Waals surface area (Å²) in [5.74, 6) is -0.751. The van der Waals surface area contributed by atoms with Crippen LogP contribution in [0.1, 0.15) is 70.0 Å². The number of pyridine rings is 1. The van der Waals surface area contributed by atoms with Crippen LogP contribution in [0.5, 0.6) is 0 Å². The van der Waals surface area contributed by atoms with Crippen LogP contribution in [0.25, 0.3) is 0 Å². The molecule has 1 N–H and O–H groups in total. The quantitative estimate of drug-likeness (QED) is 0.574. The van der Waals surface area contributed by atoms with Gasteiger partial charge in [-0.15, -0.1) is 0 Å². The van der Waals surface area contributed by atoms with Gasteiger partial charge in [0.25, 0.3) is 5.91 Å². The summed E-state index contributed by atoms with van der Waals surface area (Å²) in [6, 6.07) is 10.4. The minimum atomic E-state index is -0.908. The Labute approximate surface area is 195 Å². The van der Waals surface area contributed by atoms with Crippen molar-refractivity contribution in [2.75, 3.05) is 4.90 Å². The summed E-state index contributed by atoms with van der Waals surface area (Å²) >= 11 is 6.07. The molecule has 1 fully saturated rings. The minimum Gasteiger partial charge on any atom is -0.351 e. The van der Waals surface area contributed by atoms with Gasteiger partial charge in [-0.2, -0.15) is 0 Å². The normalized spacial score (nSPS) is 15.6. The van der Waals surface area contributed by atoms with Crippen LogP contribution in [-0.4, -0.2) is 22.8 Å². The third-order valence-corrected chi connectivity index (χ3v) is 6.08. The molecule has 0 spiro atoms. The van der Waals surface area contributed by atoms with Gasteiger partial charge >= 0.3 is 0 Å². The van der Waals surface area contributed by atoms with Gasteiger partial charge in [0.2, 0.25) is 5.91 Å². The first-order valence-corrected chi connectivity index (χ1v) is 11.5. The largest absolute Gasteiger partial charge is 0.351 e. The number of amides is 2. The van der Waals surface area contributed by atoms with E-state index in [1.165, 1.54) is 11.3 Å². The van der Waals surface area contributed by atoms with Crippen LogP contribution in [0, 0.1) is 0 Å². The van der Waals surface area contributed by atoms with Crippen LogP contribution in [0.15, 0.2) is 60.4 Å². The van der Waals surface area contributed by atoms with Crippen LogP contribution in [0.2, 0.25) is 0 Å². The maximum absolute atomic E-state index is 13.6. The van der Waals surface area contributed by atoms with Crippen LogP contribution >= 0.6 is 11.6 Å². The fourth-order valence-corrected chi connectivity index (χ4v) is 4.21. The van der Waals surface area contributed by atoms with Gasteiger partial charge in [0.1, 0.15) is 6.04 Å².